The number of rotatable bonds is 5. The Kier molecular flexibility index (Phi) is 4.89. The normalized spacial score (nSPS) is 10.2. The predicted molar refractivity (Wildman–Crippen MR) is 100 cm³/mol. The lowest BCUT2D eigenvalue weighted by atomic mass is 10.2. The average Bonchev–Trinajstić information content (AvgIpc) is 2.64. The molecule has 2 heterocycles. The summed E-state index contributed by atoms with van der Waals surface area (Å²) in [7, 11) is 4.01. The van der Waals surface area contributed by atoms with Crippen LogP contribution in [0.25, 0.3) is 0 Å². The van der Waals surface area contributed by atoms with Gasteiger partial charge in [0.25, 0.3) is 5.91 Å². The van der Waals surface area contributed by atoms with E-state index in [9.17, 15) is 4.79 Å². The third-order valence-corrected chi connectivity index (χ3v) is 3.60. The number of amides is 1. The molecule has 6 nitrogen and oxygen atoms in total. The molecule has 126 valence electrons. The summed E-state index contributed by atoms with van der Waals surface area (Å²) in [5.41, 5.74) is 3.45. The minimum absolute atomic E-state index is 0.236. The average molecular weight is 333 g/mol. The van der Waals surface area contributed by atoms with Crippen molar-refractivity contribution in [1.82, 2.24) is 9.97 Å². The highest BCUT2D eigenvalue weighted by molar-refractivity contribution is 6.03. The lowest BCUT2D eigenvalue weighted by molar-refractivity contribution is 0.102. The van der Waals surface area contributed by atoms with Crippen LogP contribution in [0.5, 0.6) is 0 Å². The summed E-state index contributed by atoms with van der Waals surface area (Å²) in [4.78, 5) is 22.3. The van der Waals surface area contributed by atoms with Crippen LogP contribution in [0.3, 0.4) is 0 Å². The molecular formula is C19H19N5O. The minimum atomic E-state index is -0.236. The van der Waals surface area contributed by atoms with E-state index in [0.29, 0.717) is 11.4 Å². The third-order valence-electron chi connectivity index (χ3n) is 3.60. The van der Waals surface area contributed by atoms with Gasteiger partial charge in [-0.3, -0.25) is 9.78 Å². The van der Waals surface area contributed by atoms with E-state index in [1.54, 1.807) is 30.6 Å². The van der Waals surface area contributed by atoms with Gasteiger partial charge in [-0.1, -0.05) is 0 Å². The maximum absolute atomic E-state index is 12.1. The molecule has 0 fully saturated rings. The lowest BCUT2D eigenvalue weighted by Gasteiger charge is -2.13. The lowest BCUT2D eigenvalue weighted by Crippen LogP contribution is -2.13. The van der Waals surface area contributed by atoms with Gasteiger partial charge in [0.2, 0.25) is 0 Å². The van der Waals surface area contributed by atoms with Gasteiger partial charge in [0, 0.05) is 37.9 Å². The van der Waals surface area contributed by atoms with Gasteiger partial charge in [-0.2, -0.15) is 0 Å². The van der Waals surface area contributed by atoms with Gasteiger partial charge in [-0.15, -0.1) is 0 Å². The standard InChI is InChI=1S/C19H19N5O/c1-24(2)17-8-5-15(6-9-17)22-16-7-10-18(21-13-16)23-19(25)14-4-3-11-20-12-14/h3-13,22H,1-2H3,(H,21,23,25). The highest BCUT2D eigenvalue weighted by Gasteiger charge is 2.06. The molecule has 1 amide bonds. The molecule has 0 saturated carbocycles. The summed E-state index contributed by atoms with van der Waals surface area (Å²) < 4.78 is 0. The molecule has 3 aromatic rings. The van der Waals surface area contributed by atoms with E-state index in [1.165, 1.54) is 6.20 Å². The second-order valence-corrected chi connectivity index (χ2v) is 5.69. The van der Waals surface area contributed by atoms with Crippen LogP contribution in [-0.4, -0.2) is 30.0 Å². The van der Waals surface area contributed by atoms with Gasteiger partial charge in [-0.25, -0.2) is 4.98 Å². The maximum Gasteiger partial charge on any atom is 0.258 e. The zero-order chi connectivity index (χ0) is 17.6. The number of hydrogen-bond acceptors (Lipinski definition) is 5. The topological polar surface area (TPSA) is 70.2 Å². The van der Waals surface area contributed by atoms with E-state index in [4.69, 9.17) is 0 Å². The number of hydrogen-bond donors (Lipinski definition) is 2. The van der Waals surface area contributed by atoms with Crippen molar-refractivity contribution in [2.45, 2.75) is 0 Å². The summed E-state index contributed by atoms with van der Waals surface area (Å²) in [5.74, 6) is 0.253. The first-order valence-electron chi connectivity index (χ1n) is 7.84. The largest absolute Gasteiger partial charge is 0.378 e. The van der Waals surface area contributed by atoms with Crippen LogP contribution >= 0.6 is 0 Å². The Morgan fingerprint density at radius 3 is 2.32 bits per heavy atom. The van der Waals surface area contributed by atoms with Crippen LogP contribution in [0.1, 0.15) is 10.4 Å². The van der Waals surface area contributed by atoms with Crippen molar-refractivity contribution in [1.29, 1.82) is 0 Å². The van der Waals surface area contributed by atoms with Crippen molar-refractivity contribution in [2.24, 2.45) is 0 Å². The summed E-state index contributed by atoms with van der Waals surface area (Å²) in [6.07, 6.45) is 4.82. The van der Waals surface area contributed by atoms with E-state index in [-0.39, 0.29) is 5.91 Å². The first-order chi connectivity index (χ1) is 12.1. The molecule has 25 heavy (non-hydrogen) atoms. The molecule has 3 rings (SSSR count). The molecule has 0 radical (unpaired) electrons. The van der Waals surface area contributed by atoms with Gasteiger partial charge in [0.05, 0.1) is 17.4 Å². The van der Waals surface area contributed by atoms with Crippen LogP contribution in [0.4, 0.5) is 22.9 Å². The molecule has 0 aliphatic carbocycles. The molecule has 0 bridgehead atoms. The monoisotopic (exact) mass is 333 g/mol. The summed E-state index contributed by atoms with van der Waals surface area (Å²) in [6, 6.07) is 15.1. The zero-order valence-corrected chi connectivity index (χ0v) is 14.1. The van der Waals surface area contributed by atoms with Crippen molar-refractivity contribution >= 4 is 28.8 Å². The molecule has 0 aliphatic rings. The molecule has 0 spiro atoms. The van der Waals surface area contributed by atoms with E-state index in [0.717, 1.165) is 17.1 Å². The molecular weight excluding hydrogens is 314 g/mol. The van der Waals surface area contributed by atoms with Crippen molar-refractivity contribution in [2.75, 3.05) is 29.6 Å². The van der Waals surface area contributed by atoms with Gasteiger partial charge in [-0.05, 0) is 48.5 Å². The first kappa shape index (κ1) is 16.4. The fraction of sp³-hybridized carbons (Fsp3) is 0.105. The molecule has 2 aromatic heterocycles. The fourth-order valence-corrected chi connectivity index (χ4v) is 2.24. The molecule has 0 saturated heterocycles. The van der Waals surface area contributed by atoms with E-state index in [2.05, 4.69) is 20.6 Å². The molecule has 0 atom stereocenters. The second kappa shape index (κ2) is 7.44. The number of carbonyl (C=O) groups excluding carboxylic acids is 1. The molecule has 2 N–H and O–H groups in total. The van der Waals surface area contributed by atoms with Crippen LogP contribution in [0, 0.1) is 0 Å². The quantitative estimate of drug-likeness (QED) is 0.747. The number of anilines is 4. The number of pyridine rings is 2. The maximum atomic E-state index is 12.1. The highest BCUT2D eigenvalue weighted by Crippen LogP contribution is 2.20. The Bertz CT molecular complexity index is 830. The summed E-state index contributed by atoms with van der Waals surface area (Å²) in [5, 5.41) is 6.02. The smallest absolute Gasteiger partial charge is 0.258 e. The Labute approximate surface area is 146 Å². The van der Waals surface area contributed by atoms with E-state index in [1.807, 2.05) is 49.3 Å². The van der Waals surface area contributed by atoms with Gasteiger partial charge >= 0.3 is 0 Å². The molecule has 6 heteroatoms. The Morgan fingerprint density at radius 1 is 0.960 bits per heavy atom. The number of carbonyl (C=O) groups is 1. The van der Waals surface area contributed by atoms with Crippen LogP contribution in [-0.2, 0) is 0 Å². The minimum Gasteiger partial charge on any atom is -0.378 e. The third kappa shape index (κ3) is 4.32. The van der Waals surface area contributed by atoms with Gasteiger partial charge < -0.3 is 15.5 Å². The molecule has 0 unspecified atom stereocenters. The Hall–Kier alpha value is -3.41. The van der Waals surface area contributed by atoms with Crippen LogP contribution in [0.2, 0.25) is 0 Å². The van der Waals surface area contributed by atoms with Crippen molar-refractivity contribution in [3.05, 3.63) is 72.7 Å². The second-order valence-electron chi connectivity index (χ2n) is 5.69. The Morgan fingerprint density at radius 2 is 1.72 bits per heavy atom. The van der Waals surface area contributed by atoms with Crippen molar-refractivity contribution in [3.8, 4) is 0 Å². The number of benzene rings is 1. The number of nitrogens with one attached hydrogen (secondary N) is 2. The number of aromatic nitrogens is 2. The van der Waals surface area contributed by atoms with Crippen molar-refractivity contribution < 1.29 is 4.79 Å². The van der Waals surface area contributed by atoms with Crippen LogP contribution < -0.4 is 15.5 Å². The van der Waals surface area contributed by atoms with Crippen LogP contribution in [0.15, 0.2) is 67.1 Å². The Balaban J connectivity index is 1.63. The van der Waals surface area contributed by atoms with Gasteiger partial charge in [0.15, 0.2) is 0 Å². The highest BCUT2D eigenvalue weighted by atomic mass is 16.1. The summed E-state index contributed by atoms with van der Waals surface area (Å²) in [6.45, 7) is 0. The molecule has 0 aliphatic heterocycles. The number of nitrogens with zero attached hydrogens (tertiary/aromatic N) is 3. The van der Waals surface area contributed by atoms with E-state index >= 15 is 0 Å². The first-order valence-corrected chi connectivity index (χ1v) is 7.84. The fourth-order valence-electron chi connectivity index (χ4n) is 2.24. The predicted octanol–water partition coefficient (Wildman–Crippen LogP) is 3.54. The SMILES string of the molecule is CN(C)c1ccc(Nc2ccc(NC(=O)c3cccnc3)nc2)cc1. The zero-order valence-electron chi connectivity index (χ0n) is 14.1. The van der Waals surface area contributed by atoms with E-state index < -0.39 is 0 Å². The van der Waals surface area contributed by atoms with Gasteiger partial charge in [0.1, 0.15) is 5.82 Å². The summed E-state index contributed by atoms with van der Waals surface area (Å²) >= 11 is 0. The van der Waals surface area contributed by atoms with Crippen molar-refractivity contribution in [3.63, 3.8) is 0 Å². The molecule has 1 aromatic carbocycles.